The van der Waals surface area contributed by atoms with Gasteiger partial charge in [-0.3, -0.25) is 0 Å². The molecule has 0 N–H and O–H groups in total. The van der Waals surface area contributed by atoms with E-state index in [1.807, 2.05) is 17.3 Å². The minimum atomic E-state index is -2.49. The van der Waals surface area contributed by atoms with Crippen LogP contribution >= 0.6 is 15.9 Å². The number of halogens is 3. The zero-order valence-corrected chi connectivity index (χ0v) is 12.3. The molecule has 0 aromatic carbocycles. The van der Waals surface area contributed by atoms with Gasteiger partial charge in [-0.15, -0.1) is 0 Å². The van der Waals surface area contributed by atoms with E-state index in [-0.39, 0.29) is 0 Å². The van der Waals surface area contributed by atoms with Crippen LogP contribution in [0.2, 0.25) is 0 Å². The summed E-state index contributed by atoms with van der Waals surface area (Å²) in [7, 11) is 0. The zero-order chi connectivity index (χ0) is 14.0. The standard InChI is InChI=1S/C14H16BrF2NO/c1-9(11-3-4-11)6-18-7-12(15)5-13(10(18)2)19-8-14(16)17/h5-7,11,14H,2-4,8H2,1H3/b9-6+. The van der Waals surface area contributed by atoms with Crippen LogP contribution in [0.3, 0.4) is 0 Å². The van der Waals surface area contributed by atoms with Gasteiger partial charge in [0.2, 0.25) is 0 Å². The Bertz CT molecular complexity index is 464. The smallest absolute Gasteiger partial charge is 0.272 e. The van der Waals surface area contributed by atoms with E-state index in [0.29, 0.717) is 17.4 Å². The molecule has 1 aliphatic heterocycles. The van der Waals surface area contributed by atoms with Crippen molar-refractivity contribution in [3.8, 4) is 0 Å². The summed E-state index contributed by atoms with van der Waals surface area (Å²) in [4.78, 5) is 1.82. The number of ether oxygens (including phenoxy) is 1. The Labute approximate surface area is 120 Å². The summed E-state index contributed by atoms with van der Waals surface area (Å²) in [6, 6.07) is 0. The molecule has 2 rings (SSSR count). The van der Waals surface area contributed by atoms with E-state index < -0.39 is 13.0 Å². The SMILES string of the molecule is C=C1C(OCC(F)F)=CC(Br)=CN1/C=C(\C)C1CC1. The van der Waals surface area contributed by atoms with E-state index in [4.69, 9.17) is 4.74 Å². The summed E-state index contributed by atoms with van der Waals surface area (Å²) in [5.74, 6) is 1.02. The van der Waals surface area contributed by atoms with Gasteiger partial charge in [-0.2, -0.15) is 0 Å². The fraction of sp³-hybridized carbons (Fsp3) is 0.429. The second kappa shape index (κ2) is 5.90. The monoisotopic (exact) mass is 331 g/mol. The molecule has 0 saturated heterocycles. The fourth-order valence-electron chi connectivity index (χ4n) is 1.84. The molecular formula is C14H16BrF2NO. The largest absolute Gasteiger partial charge is 0.485 e. The molecule has 0 atom stereocenters. The molecule has 0 spiro atoms. The van der Waals surface area contributed by atoms with Crippen LogP contribution in [0.1, 0.15) is 19.8 Å². The summed E-state index contributed by atoms with van der Waals surface area (Å²) in [5.41, 5.74) is 1.84. The van der Waals surface area contributed by atoms with E-state index in [2.05, 4.69) is 29.4 Å². The number of nitrogens with zero attached hydrogens (tertiary/aromatic N) is 1. The molecule has 1 fully saturated rings. The van der Waals surface area contributed by atoms with Crippen LogP contribution in [0, 0.1) is 5.92 Å². The zero-order valence-electron chi connectivity index (χ0n) is 10.7. The fourth-order valence-corrected chi connectivity index (χ4v) is 2.27. The molecule has 0 aromatic rings. The van der Waals surface area contributed by atoms with Gasteiger partial charge in [0.25, 0.3) is 6.43 Å². The maximum atomic E-state index is 12.2. The van der Waals surface area contributed by atoms with Crippen LogP contribution in [0.5, 0.6) is 0 Å². The van der Waals surface area contributed by atoms with Gasteiger partial charge in [0, 0.05) is 16.9 Å². The summed E-state index contributed by atoms with van der Waals surface area (Å²) in [5, 5.41) is 0. The highest BCUT2D eigenvalue weighted by Crippen LogP contribution is 2.37. The molecule has 0 amide bonds. The Hall–Kier alpha value is -1.10. The third kappa shape index (κ3) is 3.93. The van der Waals surface area contributed by atoms with E-state index >= 15 is 0 Å². The Morgan fingerprint density at radius 3 is 2.89 bits per heavy atom. The number of hydrogen-bond donors (Lipinski definition) is 0. The summed E-state index contributed by atoms with van der Waals surface area (Å²) in [6.45, 7) is 5.35. The number of hydrogen-bond acceptors (Lipinski definition) is 2. The van der Waals surface area contributed by atoms with E-state index in [0.717, 1.165) is 4.48 Å². The molecule has 2 nitrogen and oxygen atoms in total. The van der Waals surface area contributed by atoms with Crippen molar-refractivity contribution in [2.75, 3.05) is 6.61 Å². The average Bonchev–Trinajstić information content (AvgIpc) is 3.15. The summed E-state index contributed by atoms with van der Waals surface area (Å²) in [6.07, 6.45) is 5.44. The highest BCUT2D eigenvalue weighted by atomic mass is 79.9. The average molecular weight is 332 g/mol. The van der Waals surface area contributed by atoms with Crippen molar-refractivity contribution < 1.29 is 13.5 Å². The van der Waals surface area contributed by atoms with Crippen LogP contribution in [-0.2, 0) is 4.74 Å². The number of alkyl halides is 2. The van der Waals surface area contributed by atoms with E-state index in [9.17, 15) is 8.78 Å². The van der Waals surface area contributed by atoms with Crippen LogP contribution in [0.25, 0.3) is 0 Å². The van der Waals surface area contributed by atoms with Gasteiger partial charge in [0.1, 0.15) is 12.4 Å². The quantitative estimate of drug-likeness (QED) is 0.733. The molecule has 0 radical (unpaired) electrons. The molecule has 0 aromatic heterocycles. The van der Waals surface area contributed by atoms with Crippen molar-refractivity contribution in [2.45, 2.75) is 26.2 Å². The molecule has 104 valence electrons. The summed E-state index contributed by atoms with van der Waals surface area (Å²) >= 11 is 3.35. The highest BCUT2D eigenvalue weighted by molar-refractivity contribution is 9.11. The first kappa shape index (κ1) is 14.3. The van der Waals surface area contributed by atoms with Crippen LogP contribution in [0.4, 0.5) is 8.78 Å². The van der Waals surface area contributed by atoms with Gasteiger partial charge in [0.05, 0.1) is 5.70 Å². The summed E-state index contributed by atoms with van der Waals surface area (Å²) < 4.78 is 30.3. The molecule has 1 heterocycles. The number of allylic oxidation sites excluding steroid dienone is 3. The second-order valence-electron chi connectivity index (χ2n) is 4.73. The normalized spacial score (nSPS) is 20.6. The predicted octanol–water partition coefficient (Wildman–Crippen LogP) is 4.53. The minimum absolute atomic E-state index is 0.370. The second-order valence-corrected chi connectivity index (χ2v) is 5.64. The topological polar surface area (TPSA) is 12.5 Å². The van der Waals surface area contributed by atoms with Crippen molar-refractivity contribution >= 4 is 15.9 Å². The Morgan fingerprint density at radius 1 is 1.63 bits per heavy atom. The van der Waals surface area contributed by atoms with Crippen molar-refractivity contribution in [1.29, 1.82) is 0 Å². The highest BCUT2D eigenvalue weighted by Gasteiger charge is 2.24. The maximum absolute atomic E-state index is 12.2. The first-order valence-electron chi connectivity index (χ1n) is 6.13. The predicted molar refractivity (Wildman–Crippen MR) is 74.5 cm³/mol. The Kier molecular flexibility index (Phi) is 4.45. The van der Waals surface area contributed by atoms with Gasteiger partial charge in [-0.05, 0) is 47.7 Å². The third-order valence-corrected chi connectivity index (χ3v) is 3.49. The lowest BCUT2D eigenvalue weighted by Gasteiger charge is -2.26. The minimum Gasteiger partial charge on any atom is -0.485 e. The van der Waals surface area contributed by atoms with Gasteiger partial charge in [-0.25, -0.2) is 8.78 Å². The number of rotatable bonds is 5. The van der Waals surface area contributed by atoms with Crippen molar-refractivity contribution in [3.05, 3.63) is 46.6 Å². The molecule has 1 aliphatic carbocycles. The molecule has 2 aliphatic rings. The van der Waals surface area contributed by atoms with Crippen LogP contribution in [-0.4, -0.2) is 17.9 Å². The van der Waals surface area contributed by atoms with Gasteiger partial charge in [-0.1, -0.05) is 12.2 Å². The molecule has 0 unspecified atom stereocenters. The lowest BCUT2D eigenvalue weighted by atomic mass is 10.2. The van der Waals surface area contributed by atoms with Crippen molar-refractivity contribution in [1.82, 2.24) is 4.90 Å². The lowest BCUT2D eigenvalue weighted by molar-refractivity contribution is 0.0491. The van der Waals surface area contributed by atoms with Crippen molar-refractivity contribution in [2.24, 2.45) is 5.92 Å². The van der Waals surface area contributed by atoms with Gasteiger partial charge < -0.3 is 9.64 Å². The first-order valence-corrected chi connectivity index (χ1v) is 6.92. The van der Waals surface area contributed by atoms with Gasteiger partial charge >= 0.3 is 0 Å². The third-order valence-electron chi connectivity index (χ3n) is 3.06. The lowest BCUT2D eigenvalue weighted by Crippen LogP contribution is -2.18. The molecule has 19 heavy (non-hydrogen) atoms. The molecule has 0 bridgehead atoms. The molecule has 5 heteroatoms. The van der Waals surface area contributed by atoms with Crippen LogP contribution in [0.15, 0.2) is 46.6 Å². The Morgan fingerprint density at radius 2 is 2.32 bits per heavy atom. The van der Waals surface area contributed by atoms with Crippen molar-refractivity contribution in [3.63, 3.8) is 0 Å². The van der Waals surface area contributed by atoms with Crippen LogP contribution < -0.4 is 0 Å². The van der Waals surface area contributed by atoms with E-state index in [1.54, 1.807) is 6.08 Å². The maximum Gasteiger partial charge on any atom is 0.272 e. The van der Waals surface area contributed by atoms with E-state index in [1.165, 1.54) is 18.4 Å². The first-order chi connectivity index (χ1) is 8.97. The Balaban J connectivity index is 2.08. The molecular weight excluding hydrogens is 316 g/mol. The van der Waals surface area contributed by atoms with Gasteiger partial charge in [0.15, 0.2) is 0 Å². The molecule has 1 saturated carbocycles.